The average molecular weight is 282 g/mol. The zero-order valence-electron chi connectivity index (χ0n) is 12.1. The molecule has 2 heterocycles. The first-order valence-electron chi connectivity index (χ1n) is 7.15. The van der Waals surface area contributed by atoms with Crippen molar-refractivity contribution in [1.82, 2.24) is 15.0 Å². The van der Waals surface area contributed by atoms with Gasteiger partial charge in [-0.05, 0) is 19.8 Å². The summed E-state index contributed by atoms with van der Waals surface area (Å²) in [6.45, 7) is 7.37. The van der Waals surface area contributed by atoms with Crippen molar-refractivity contribution in [3.05, 3.63) is 0 Å². The molecule has 1 saturated heterocycles. The molecule has 1 aliphatic heterocycles. The molecule has 0 bridgehead atoms. The maximum absolute atomic E-state index is 5.64. The van der Waals surface area contributed by atoms with E-state index in [0.29, 0.717) is 37.1 Å². The molecule has 0 radical (unpaired) electrons. The van der Waals surface area contributed by atoms with Crippen molar-refractivity contribution in [2.75, 3.05) is 38.3 Å². The van der Waals surface area contributed by atoms with Crippen molar-refractivity contribution in [3.63, 3.8) is 0 Å². The van der Waals surface area contributed by atoms with Crippen molar-refractivity contribution >= 4 is 5.95 Å². The van der Waals surface area contributed by atoms with Crippen LogP contribution < -0.4 is 14.8 Å². The Balaban J connectivity index is 1.98. The molecule has 2 rings (SSSR count). The largest absolute Gasteiger partial charge is 0.464 e. The predicted octanol–water partition coefficient (Wildman–Crippen LogP) is 1.51. The fourth-order valence-electron chi connectivity index (χ4n) is 1.82. The van der Waals surface area contributed by atoms with E-state index in [1.54, 1.807) is 0 Å². The Morgan fingerprint density at radius 2 is 2.00 bits per heavy atom. The topological polar surface area (TPSA) is 78.4 Å². The Morgan fingerprint density at radius 3 is 2.65 bits per heavy atom. The van der Waals surface area contributed by atoms with Crippen LogP contribution in [0.2, 0.25) is 0 Å². The van der Waals surface area contributed by atoms with Crippen LogP contribution in [0, 0.1) is 5.92 Å². The predicted molar refractivity (Wildman–Crippen MR) is 74.2 cm³/mol. The normalized spacial score (nSPS) is 18.0. The monoisotopic (exact) mass is 282 g/mol. The second-order valence-electron chi connectivity index (χ2n) is 4.62. The minimum absolute atomic E-state index is 0.291. The van der Waals surface area contributed by atoms with E-state index in [-0.39, 0.29) is 0 Å². The van der Waals surface area contributed by atoms with Crippen LogP contribution in [0.25, 0.3) is 0 Å². The molecular weight excluding hydrogens is 260 g/mol. The van der Waals surface area contributed by atoms with Gasteiger partial charge in [-0.15, -0.1) is 4.98 Å². The van der Waals surface area contributed by atoms with Gasteiger partial charge in [-0.25, -0.2) is 0 Å². The van der Waals surface area contributed by atoms with Crippen molar-refractivity contribution in [2.45, 2.75) is 26.7 Å². The van der Waals surface area contributed by atoms with E-state index in [2.05, 4.69) is 27.2 Å². The molecule has 1 aromatic heterocycles. The molecule has 0 saturated carbocycles. The third-order valence-corrected chi connectivity index (χ3v) is 2.87. The van der Waals surface area contributed by atoms with Crippen molar-refractivity contribution in [3.8, 4) is 12.0 Å². The van der Waals surface area contributed by atoms with Crippen LogP contribution in [-0.4, -0.2) is 47.9 Å². The van der Waals surface area contributed by atoms with Gasteiger partial charge in [-0.2, -0.15) is 9.97 Å². The van der Waals surface area contributed by atoms with E-state index in [0.717, 1.165) is 32.6 Å². The molecule has 0 spiro atoms. The highest BCUT2D eigenvalue weighted by atomic mass is 16.5. The quantitative estimate of drug-likeness (QED) is 0.774. The summed E-state index contributed by atoms with van der Waals surface area (Å²) in [4.78, 5) is 12.6. The summed E-state index contributed by atoms with van der Waals surface area (Å²) in [5, 5.41) is 3.11. The molecule has 1 aliphatic rings. The van der Waals surface area contributed by atoms with Crippen molar-refractivity contribution in [1.29, 1.82) is 0 Å². The zero-order valence-corrected chi connectivity index (χ0v) is 12.1. The fraction of sp³-hybridized carbons (Fsp3) is 0.769. The lowest BCUT2D eigenvalue weighted by molar-refractivity contribution is 0.162. The summed E-state index contributed by atoms with van der Waals surface area (Å²) in [5.74, 6) is 0.900. The van der Waals surface area contributed by atoms with Gasteiger partial charge in [0.15, 0.2) is 0 Å². The Labute approximate surface area is 119 Å². The summed E-state index contributed by atoms with van der Waals surface area (Å²) in [6, 6.07) is 0.590. The van der Waals surface area contributed by atoms with Gasteiger partial charge in [0.05, 0.1) is 19.8 Å². The van der Waals surface area contributed by atoms with Crippen LogP contribution in [-0.2, 0) is 4.74 Å². The molecule has 0 amide bonds. The third-order valence-electron chi connectivity index (χ3n) is 2.87. The second-order valence-corrected chi connectivity index (χ2v) is 4.62. The second kappa shape index (κ2) is 7.84. The summed E-state index contributed by atoms with van der Waals surface area (Å²) in [7, 11) is 0. The van der Waals surface area contributed by atoms with Gasteiger partial charge < -0.3 is 19.5 Å². The van der Waals surface area contributed by atoms with E-state index in [4.69, 9.17) is 14.2 Å². The van der Waals surface area contributed by atoms with Gasteiger partial charge in [0.2, 0.25) is 5.95 Å². The van der Waals surface area contributed by atoms with Gasteiger partial charge >= 0.3 is 12.0 Å². The number of nitrogens with zero attached hydrogens (tertiary/aromatic N) is 3. The summed E-state index contributed by atoms with van der Waals surface area (Å²) < 4.78 is 16.3. The van der Waals surface area contributed by atoms with Gasteiger partial charge in [0.1, 0.15) is 0 Å². The van der Waals surface area contributed by atoms with Crippen LogP contribution in [0.5, 0.6) is 12.0 Å². The highest BCUT2D eigenvalue weighted by Crippen LogP contribution is 2.16. The average Bonchev–Trinajstić information content (AvgIpc) is 2.96. The first kappa shape index (κ1) is 14.8. The SMILES string of the molecule is CCCNc1nc(OCC)nc(OCC2CCOC2)n1. The molecule has 0 aromatic carbocycles. The first-order valence-corrected chi connectivity index (χ1v) is 7.15. The van der Waals surface area contributed by atoms with E-state index in [9.17, 15) is 0 Å². The van der Waals surface area contributed by atoms with Crippen molar-refractivity contribution < 1.29 is 14.2 Å². The number of rotatable bonds is 8. The first-order chi connectivity index (χ1) is 9.81. The van der Waals surface area contributed by atoms with E-state index < -0.39 is 0 Å². The standard InChI is InChI=1S/C13H22N4O3/c1-3-6-14-11-15-12(19-4-2)17-13(16-11)20-9-10-5-7-18-8-10/h10H,3-9H2,1-2H3,(H,14,15,16,17). The number of anilines is 1. The highest BCUT2D eigenvalue weighted by Gasteiger charge is 2.17. The van der Waals surface area contributed by atoms with E-state index >= 15 is 0 Å². The molecule has 1 aromatic rings. The number of aromatic nitrogens is 3. The van der Waals surface area contributed by atoms with Crippen molar-refractivity contribution in [2.24, 2.45) is 5.92 Å². The van der Waals surface area contributed by atoms with Crippen LogP contribution in [0.15, 0.2) is 0 Å². The molecule has 0 aliphatic carbocycles. The fourth-order valence-corrected chi connectivity index (χ4v) is 1.82. The minimum atomic E-state index is 0.291. The van der Waals surface area contributed by atoms with Crippen LogP contribution in [0.3, 0.4) is 0 Å². The maximum Gasteiger partial charge on any atom is 0.324 e. The third kappa shape index (κ3) is 4.48. The minimum Gasteiger partial charge on any atom is -0.464 e. The molecule has 1 N–H and O–H groups in total. The number of hydrogen-bond donors (Lipinski definition) is 1. The molecule has 1 unspecified atom stereocenters. The molecule has 7 nitrogen and oxygen atoms in total. The molecule has 1 atom stereocenters. The summed E-state index contributed by atoms with van der Waals surface area (Å²) >= 11 is 0. The van der Waals surface area contributed by atoms with E-state index in [1.807, 2.05) is 6.92 Å². The van der Waals surface area contributed by atoms with Crippen LogP contribution in [0.4, 0.5) is 5.95 Å². The van der Waals surface area contributed by atoms with Gasteiger partial charge in [-0.3, -0.25) is 0 Å². The van der Waals surface area contributed by atoms with E-state index in [1.165, 1.54) is 0 Å². The molecule has 20 heavy (non-hydrogen) atoms. The Hall–Kier alpha value is -1.63. The summed E-state index contributed by atoms with van der Waals surface area (Å²) in [6.07, 6.45) is 2.01. The number of nitrogens with one attached hydrogen (secondary N) is 1. The lowest BCUT2D eigenvalue weighted by Gasteiger charge is -2.11. The van der Waals surface area contributed by atoms with Gasteiger partial charge in [0.25, 0.3) is 0 Å². The maximum atomic E-state index is 5.64. The molecular formula is C13H22N4O3. The Bertz CT molecular complexity index is 411. The molecule has 112 valence electrons. The number of ether oxygens (including phenoxy) is 3. The zero-order chi connectivity index (χ0) is 14.2. The van der Waals surface area contributed by atoms with Gasteiger partial charge in [-0.1, -0.05) is 6.92 Å². The molecule has 1 fully saturated rings. The highest BCUT2D eigenvalue weighted by molar-refractivity contribution is 5.27. The Kier molecular flexibility index (Phi) is 5.79. The molecule has 7 heteroatoms. The smallest absolute Gasteiger partial charge is 0.324 e. The number of hydrogen-bond acceptors (Lipinski definition) is 7. The van der Waals surface area contributed by atoms with Crippen LogP contribution >= 0.6 is 0 Å². The van der Waals surface area contributed by atoms with Crippen LogP contribution in [0.1, 0.15) is 26.7 Å². The lowest BCUT2D eigenvalue weighted by Crippen LogP contribution is -2.15. The van der Waals surface area contributed by atoms with Gasteiger partial charge in [0, 0.05) is 19.1 Å². The summed E-state index contributed by atoms with van der Waals surface area (Å²) in [5.41, 5.74) is 0. The Morgan fingerprint density at radius 1 is 1.20 bits per heavy atom. The lowest BCUT2D eigenvalue weighted by atomic mass is 10.1.